The maximum absolute atomic E-state index is 2.48. The Morgan fingerprint density at radius 2 is 0.134 bits per heavy atom. The van der Waals surface area contributed by atoms with E-state index in [4.69, 9.17) is 0 Å². The molecule has 0 aliphatic heterocycles. The van der Waals surface area contributed by atoms with Crippen LogP contribution in [0.3, 0.4) is 0 Å². The van der Waals surface area contributed by atoms with E-state index in [9.17, 15) is 0 Å². The molecule has 576 valence electrons. The third kappa shape index (κ3) is 17.9. The first kappa shape index (κ1) is 85.3. The predicted molar refractivity (Wildman–Crippen MR) is 504 cm³/mol. The predicted octanol–water partition coefficient (Wildman–Crippen LogP) is 13.2. The Balaban J connectivity index is 0.000000145. The summed E-state index contributed by atoms with van der Waals surface area (Å²) in [6.07, 6.45) is 0. The van der Waals surface area contributed by atoms with E-state index < -0.39 is 39.8 Å². The van der Waals surface area contributed by atoms with Crippen LogP contribution in [-0.4, -0.2) is 39.8 Å². The van der Waals surface area contributed by atoms with Crippen LogP contribution in [0.5, 0.6) is 0 Å². The monoisotopic (exact) mass is 1810 g/mol. The third-order valence-corrected chi connectivity index (χ3v) is 95.8. The molecule has 11 heteroatoms. The molecule has 2 radical (unpaired) electrons. The molecular formula is C108H90Cr5Si6. The van der Waals surface area contributed by atoms with E-state index in [0.717, 1.165) is 0 Å². The Bertz CT molecular complexity index is 4430. The number of benzene rings is 18. The van der Waals surface area contributed by atoms with Crippen LogP contribution in [0.4, 0.5) is 0 Å². The molecule has 0 aliphatic carbocycles. The van der Waals surface area contributed by atoms with Crippen molar-refractivity contribution in [2.45, 2.75) is 0 Å². The number of rotatable bonds is 24. The molecule has 0 atom stereocenters. The molecule has 0 aromatic heterocycles. The van der Waals surface area contributed by atoms with E-state index in [1.165, 1.54) is 93.4 Å². The molecule has 18 aromatic rings. The van der Waals surface area contributed by atoms with Crippen molar-refractivity contribution in [3.8, 4) is 0 Å². The summed E-state index contributed by atoms with van der Waals surface area (Å²) >= 11 is 0.607. The standard InChI is InChI=1S/6C18H15Si.5Cr/c6*1-4-10-16(11-5-1)19(17-12-6-2-7-13-17)18-14-8-3-9-15-18;;;;;/h6*1-15H;;;;;/q;;;;;;3*-2;2*+3. The zero-order valence-corrected chi connectivity index (χ0v) is 78.4. The third-order valence-electron chi connectivity index (χ3n) is 22.2. The van der Waals surface area contributed by atoms with E-state index >= 15 is 0 Å². The molecule has 0 fully saturated rings. The fourth-order valence-electron chi connectivity index (χ4n) is 16.9. The second-order valence-electron chi connectivity index (χ2n) is 29.0. The maximum atomic E-state index is 2.40. The van der Waals surface area contributed by atoms with Crippen molar-refractivity contribution in [1.82, 2.24) is 0 Å². The minimum atomic E-state index is -2.48. The van der Waals surface area contributed by atoms with Crippen molar-refractivity contribution in [2.75, 3.05) is 0 Å². The molecule has 0 spiro atoms. The van der Waals surface area contributed by atoms with Gasteiger partial charge in [-0.3, -0.25) is 0 Å². The van der Waals surface area contributed by atoms with Gasteiger partial charge < -0.3 is 0 Å². The fourth-order valence-corrected chi connectivity index (χ4v) is 109. The molecule has 0 nitrogen and oxygen atoms in total. The number of hydrogen-bond donors (Lipinski definition) is 0. The van der Waals surface area contributed by atoms with Gasteiger partial charge in [0.05, 0.1) is 0 Å². The van der Waals surface area contributed by atoms with E-state index in [0.29, 0.717) is 0 Å². The Hall–Kier alpha value is -10.1. The van der Waals surface area contributed by atoms with Gasteiger partial charge in [-0.25, -0.2) is 0 Å². The molecule has 0 amide bonds. The molecular weight excluding hydrogens is 1730 g/mol. The zero-order chi connectivity index (χ0) is 79.2. The van der Waals surface area contributed by atoms with Crippen LogP contribution in [0.15, 0.2) is 546 Å². The normalized spacial score (nSPS) is 11.6. The van der Waals surface area contributed by atoms with Gasteiger partial charge in [-0.1, -0.05) is 0 Å². The van der Waals surface area contributed by atoms with Crippen molar-refractivity contribution in [3.05, 3.63) is 546 Å². The van der Waals surface area contributed by atoms with Crippen molar-refractivity contribution in [2.24, 2.45) is 0 Å². The van der Waals surface area contributed by atoms with Crippen LogP contribution in [0.2, 0.25) is 0 Å². The van der Waals surface area contributed by atoms with E-state index in [-0.39, 0.29) is 76.5 Å². The average molecular weight is 1820 g/mol. The van der Waals surface area contributed by atoms with Gasteiger partial charge in [-0.05, 0) is 0 Å². The van der Waals surface area contributed by atoms with Gasteiger partial charge in [0.15, 0.2) is 0 Å². The summed E-state index contributed by atoms with van der Waals surface area (Å²) in [6.45, 7) is -14.9. The molecule has 119 heavy (non-hydrogen) atoms. The molecule has 0 saturated heterocycles. The molecule has 0 aliphatic rings. The van der Waals surface area contributed by atoms with Crippen LogP contribution >= 0.6 is 0 Å². The van der Waals surface area contributed by atoms with Gasteiger partial charge in [-0.2, -0.15) is 0 Å². The van der Waals surface area contributed by atoms with Gasteiger partial charge in [0, 0.05) is 0 Å². The van der Waals surface area contributed by atoms with Gasteiger partial charge in [-0.15, -0.1) is 0 Å². The summed E-state index contributed by atoms with van der Waals surface area (Å²) in [6, 6.07) is 205. The summed E-state index contributed by atoms with van der Waals surface area (Å²) in [4.78, 5) is 0. The van der Waals surface area contributed by atoms with E-state index in [1.807, 2.05) is 0 Å². The van der Waals surface area contributed by atoms with Crippen LogP contribution in [0.1, 0.15) is 0 Å². The van der Waals surface area contributed by atoms with Gasteiger partial charge in [0.25, 0.3) is 0 Å². The van der Waals surface area contributed by atoms with E-state index in [2.05, 4.69) is 546 Å². The summed E-state index contributed by atoms with van der Waals surface area (Å²) in [7, 11) is 0. The second-order valence-corrected chi connectivity index (χ2v) is 75.8. The summed E-state index contributed by atoms with van der Waals surface area (Å²) in [5, 5.41) is 26.8. The molecule has 0 saturated carbocycles. The quantitative estimate of drug-likeness (QED) is 0.0418. The Labute approximate surface area is 747 Å². The van der Waals surface area contributed by atoms with E-state index in [1.54, 1.807) is 0 Å². The molecule has 0 N–H and O–H groups in total. The average Bonchev–Trinajstić information content (AvgIpc) is 0.728. The molecule has 0 heterocycles. The first-order valence-corrected chi connectivity index (χ1v) is 63.0. The van der Waals surface area contributed by atoms with Crippen LogP contribution in [0, 0.1) is 0 Å². The number of hydrogen-bond acceptors (Lipinski definition) is 0. The topological polar surface area (TPSA) is 0 Å². The zero-order valence-electron chi connectivity index (χ0n) is 66.0. The minimum absolute atomic E-state index is 0. The summed E-state index contributed by atoms with van der Waals surface area (Å²) in [5.41, 5.74) is 0. The van der Waals surface area contributed by atoms with Gasteiger partial charge >= 0.3 is 756 Å². The van der Waals surface area contributed by atoms with Crippen LogP contribution in [0.25, 0.3) is 0 Å². The molecule has 0 unspecified atom stereocenters. The van der Waals surface area contributed by atoms with Crippen LogP contribution < -0.4 is 93.4 Å². The summed E-state index contributed by atoms with van der Waals surface area (Å²) < 4.78 is 0. The van der Waals surface area contributed by atoms with Crippen molar-refractivity contribution in [3.63, 3.8) is 0 Å². The Kier molecular flexibility index (Phi) is 29.6. The van der Waals surface area contributed by atoms with Crippen molar-refractivity contribution >= 4 is 133 Å². The molecule has 18 rings (SSSR count). The van der Waals surface area contributed by atoms with Crippen molar-refractivity contribution in [1.29, 1.82) is 0 Å². The Morgan fingerprint density at radius 1 is 0.0840 bits per heavy atom. The first-order chi connectivity index (χ1) is 58.0. The van der Waals surface area contributed by atoms with Gasteiger partial charge in [0.1, 0.15) is 0 Å². The molecule has 0 bridgehead atoms. The SMILES string of the molecule is [Cr+3].[Cr+3].c1ccc([Si]([Cr-2][Si](c2ccccc2)(c2ccccc2)c2ccccc2)(c2ccccc2)c2ccccc2)cc1.c1ccc([Si]([Cr-2][Si](c2ccccc2)(c2ccccc2)c2ccccc2)(c2ccccc2)c2ccccc2)cc1.c1ccc([Si]([Cr-2][Si](c2ccccc2)(c2ccccc2)c2ccccc2)(c2ccccc2)c2ccccc2)cc1. The Morgan fingerprint density at radius 3 is 0.185 bits per heavy atom. The fraction of sp³-hybridized carbons (Fsp3) is 0. The molecule has 18 aromatic carbocycles. The van der Waals surface area contributed by atoms with Gasteiger partial charge in [0.2, 0.25) is 0 Å². The van der Waals surface area contributed by atoms with Crippen LogP contribution in [-0.2, 0) is 76.5 Å². The van der Waals surface area contributed by atoms with Crippen molar-refractivity contribution < 1.29 is 76.5 Å². The second kappa shape index (κ2) is 41.3. The summed E-state index contributed by atoms with van der Waals surface area (Å²) in [5.74, 6) is 0. The first-order valence-electron chi connectivity index (χ1n) is 40.1.